The summed E-state index contributed by atoms with van der Waals surface area (Å²) in [6, 6.07) is -1.86. The molecule has 0 saturated heterocycles. The highest BCUT2D eigenvalue weighted by atomic mass is 16.6. The van der Waals surface area contributed by atoms with Crippen LogP contribution >= 0.6 is 0 Å². The first kappa shape index (κ1) is 28.1. The van der Waals surface area contributed by atoms with Crippen LogP contribution in [-0.2, 0) is 19.1 Å². The van der Waals surface area contributed by atoms with E-state index >= 15 is 0 Å². The van der Waals surface area contributed by atoms with Gasteiger partial charge in [0.15, 0.2) is 5.69 Å². The molecule has 0 radical (unpaired) electrons. The minimum atomic E-state index is -0.957. The van der Waals surface area contributed by atoms with Crippen molar-refractivity contribution in [2.24, 2.45) is 0 Å². The van der Waals surface area contributed by atoms with Gasteiger partial charge in [-0.2, -0.15) is 0 Å². The number of nitrogens with one attached hydrogen (secondary N) is 3. The maximum Gasteiger partial charge on any atom is 0.329 e. The van der Waals surface area contributed by atoms with E-state index in [-0.39, 0.29) is 11.4 Å². The van der Waals surface area contributed by atoms with E-state index in [1.807, 2.05) is 0 Å². The number of carbonyl (C=O) groups is 4. The van der Waals surface area contributed by atoms with E-state index in [0.29, 0.717) is 19.4 Å². The van der Waals surface area contributed by atoms with Crippen molar-refractivity contribution < 1.29 is 34.4 Å². The standard InChI is InChI=1S/C22H37N5O6/c1-13(19(30)32-21(2,3)4)26-17(28)15-16(25-12-24-15)18(29)27-14(10-8-9-11-23)20(31)33-22(5,6)7/h12-14H,8-11,23H2,1-7H3,(H,24,25)(H,26,28)(H,27,29)/p+1/t13-,14-/m0/s1. The largest absolute Gasteiger partial charge is 0.458 e. The third kappa shape index (κ3) is 10.0. The van der Waals surface area contributed by atoms with E-state index in [1.54, 1.807) is 41.5 Å². The smallest absolute Gasteiger partial charge is 0.329 e. The predicted molar refractivity (Wildman–Crippen MR) is 120 cm³/mol. The lowest BCUT2D eigenvalue weighted by Gasteiger charge is -2.24. The molecule has 1 rings (SSSR count). The van der Waals surface area contributed by atoms with Crippen molar-refractivity contribution in [3.05, 3.63) is 17.7 Å². The monoisotopic (exact) mass is 468 g/mol. The van der Waals surface area contributed by atoms with E-state index < -0.39 is 47.0 Å². The van der Waals surface area contributed by atoms with Crippen LogP contribution in [0.1, 0.15) is 88.7 Å². The van der Waals surface area contributed by atoms with Gasteiger partial charge in [0.05, 0.1) is 12.9 Å². The summed E-state index contributed by atoms with van der Waals surface area (Å²) in [7, 11) is 0. The minimum Gasteiger partial charge on any atom is -0.458 e. The molecule has 0 aliphatic carbocycles. The Kier molecular flexibility index (Phi) is 10.0. The molecule has 0 saturated carbocycles. The fourth-order valence-electron chi connectivity index (χ4n) is 2.73. The van der Waals surface area contributed by atoms with Crippen LogP contribution in [0.4, 0.5) is 0 Å². The number of aromatic amines is 1. The molecule has 2 amide bonds. The maximum atomic E-state index is 12.9. The van der Waals surface area contributed by atoms with E-state index in [9.17, 15) is 19.2 Å². The number of unbranched alkanes of at least 4 members (excludes halogenated alkanes) is 1. The van der Waals surface area contributed by atoms with E-state index in [2.05, 4.69) is 26.3 Å². The first-order chi connectivity index (χ1) is 15.1. The van der Waals surface area contributed by atoms with Crippen LogP contribution in [0.3, 0.4) is 0 Å². The van der Waals surface area contributed by atoms with Crippen molar-refractivity contribution in [3.63, 3.8) is 0 Å². The van der Waals surface area contributed by atoms with Crippen LogP contribution in [-0.4, -0.2) is 63.6 Å². The lowest BCUT2D eigenvalue weighted by Crippen LogP contribution is -2.50. The second kappa shape index (κ2) is 11.8. The summed E-state index contributed by atoms with van der Waals surface area (Å²) in [5.74, 6) is -2.60. The highest BCUT2D eigenvalue weighted by Crippen LogP contribution is 2.13. The number of aromatic nitrogens is 2. The molecule has 0 fully saturated rings. The molecule has 6 N–H and O–H groups in total. The van der Waals surface area contributed by atoms with Gasteiger partial charge in [0.25, 0.3) is 11.8 Å². The number of quaternary nitrogens is 1. The number of esters is 2. The van der Waals surface area contributed by atoms with Gasteiger partial charge in [0.2, 0.25) is 0 Å². The number of ether oxygens (including phenoxy) is 2. The summed E-state index contributed by atoms with van der Waals surface area (Å²) in [4.78, 5) is 56.8. The summed E-state index contributed by atoms with van der Waals surface area (Å²) in [6.07, 6.45) is 3.00. The van der Waals surface area contributed by atoms with Crippen molar-refractivity contribution in [1.29, 1.82) is 0 Å². The molecule has 0 bridgehead atoms. The second-order valence-corrected chi connectivity index (χ2v) is 9.76. The van der Waals surface area contributed by atoms with Gasteiger partial charge in [-0.05, 0) is 67.7 Å². The summed E-state index contributed by atoms with van der Waals surface area (Å²) >= 11 is 0. The summed E-state index contributed by atoms with van der Waals surface area (Å²) in [6.45, 7) is 12.5. The molecule has 0 spiro atoms. The second-order valence-electron chi connectivity index (χ2n) is 9.76. The van der Waals surface area contributed by atoms with Gasteiger partial charge >= 0.3 is 11.9 Å². The number of H-pyrrole nitrogens is 1. The van der Waals surface area contributed by atoms with Crippen LogP contribution in [0.5, 0.6) is 0 Å². The normalized spacial score (nSPS) is 13.6. The van der Waals surface area contributed by atoms with Gasteiger partial charge in [0, 0.05) is 0 Å². The fraction of sp³-hybridized carbons (Fsp3) is 0.682. The van der Waals surface area contributed by atoms with Gasteiger partial charge < -0.3 is 30.8 Å². The molecule has 186 valence electrons. The molecular formula is C22H38N5O6+. The highest BCUT2D eigenvalue weighted by Gasteiger charge is 2.30. The molecule has 0 aliphatic rings. The Morgan fingerprint density at radius 1 is 0.970 bits per heavy atom. The predicted octanol–water partition coefficient (Wildman–Crippen LogP) is 0.722. The average molecular weight is 469 g/mol. The number of nitrogens with zero attached hydrogens (tertiary/aromatic N) is 1. The van der Waals surface area contributed by atoms with Crippen molar-refractivity contribution in [2.75, 3.05) is 6.54 Å². The van der Waals surface area contributed by atoms with Crippen molar-refractivity contribution in [3.8, 4) is 0 Å². The first-order valence-electron chi connectivity index (χ1n) is 11.0. The lowest BCUT2D eigenvalue weighted by molar-refractivity contribution is -0.368. The Morgan fingerprint density at radius 3 is 2.09 bits per heavy atom. The number of amides is 2. The zero-order chi connectivity index (χ0) is 25.4. The zero-order valence-electron chi connectivity index (χ0n) is 20.7. The number of carbonyl (C=O) groups excluding carboxylic acids is 4. The fourth-order valence-corrected chi connectivity index (χ4v) is 2.73. The molecule has 33 heavy (non-hydrogen) atoms. The zero-order valence-corrected chi connectivity index (χ0v) is 20.7. The average Bonchev–Trinajstić information content (AvgIpc) is 3.14. The molecule has 1 aromatic rings. The Hall–Kier alpha value is -2.95. The van der Waals surface area contributed by atoms with Gasteiger partial charge in [-0.3, -0.25) is 9.59 Å². The molecule has 1 aromatic heterocycles. The first-order valence-corrected chi connectivity index (χ1v) is 11.0. The van der Waals surface area contributed by atoms with Crippen LogP contribution in [0.25, 0.3) is 0 Å². The SMILES string of the molecule is C[C@H](NC(=O)c1nc[nH]c1C(=O)N[C@@H](CCCC[NH3+])C(=O)OC(C)(C)C)C(=O)OC(C)(C)C. The summed E-state index contributed by atoms with van der Waals surface area (Å²) in [5, 5.41) is 5.10. The van der Waals surface area contributed by atoms with Crippen molar-refractivity contribution >= 4 is 23.8 Å². The molecule has 0 aliphatic heterocycles. The summed E-state index contributed by atoms with van der Waals surface area (Å²) in [5.41, 5.74) is 2.02. The highest BCUT2D eigenvalue weighted by molar-refractivity contribution is 6.06. The number of imidazole rings is 1. The third-order valence-electron chi connectivity index (χ3n) is 4.18. The van der Waals surface area contributed by atoms with Gasteiger partial charge in [-0.1, -0.05) is 0 Å². The van der Waals surface area contributed by atoms with Crippen LogP contribution in [0, 0.1) is 0 Å². The van der Waals surface area contributed by atoms with E-state index in [4.69, 9.17) is 9.47 Å². The van der Waals surface area contributed by atoms with Crippen LogP contribution in [0.2, 0.25) is 0 Å². The van der Waals surface area contributed by atoms with Gasteiger partial charge in [-0.15, -0.1) is 0 Å². The minimum absolute atomic E-state index is 0.130. The Balaban J connectivity index is 2.93. The maximum absolute atomic E-state index is 12.9. The molecule has 2 atom stereocenters. The summed E-state index contributed by atoms with van der Waals surface area (Å²) < 4.78 is 10.7. The Labute approximate surface area is 194 Å². The lowest BCUT2D eigenvalue weighted by atomic mass is 10.1. The quantitative estimate of drug-likeness (QED) is 0.290. The number of rotatable bonds is 10. The molecule has 11 heteroatoms. The number of hydrogen-bond acceptors (Lipinski definition) is 7. The topological polar surface area (TPSA) is 167 Å². The van der Waals surface area contributed by atoms with Crippen molar-refractivity contribution in [2.45, 2.75) is 91.0 Å². The molecular weight excluding hydrogens is 430 g/mol. The van der Waals surface area contributed by atoms with E-state index in [1.165, 1.54) is 13.3 Å². The van der Waals surface area contributed by atoms with E-state index in [0.717, 1.165) is 6.42 Å². The van der Waals surface area contributed by atoms with Gasteiger partial charge in [-0.25, -0.2) is 14.6 Å². The molecule has 0 unspecified atom stereocenters. The van der Waals surface area contributed by atoms with Crippen LogP contribution < -0.4 is 16.4 Å². The Morgan fingerprint density at radius 2 is 1.55 bits per heavy atom. The number of hydrogen-bond donors (Lipinski definition) is 4. The van der Waals surface area contributed by atoms with Crippen LogP contribution in [0.15, 0.2) is 6.33 Å². The third-order valence-corrected chi connectivity index (χ3v) is 4.18. The molecule has 11 nitrogen and oxygen atoms in total. The van der Waals surface area contributed by atoms with Crippen molar-refractivity contribution in [1.82, 2.24) is 20.6 Å². The Bertz CT molecular complexity index is 837. The molecule has 1 heterocycles. The molecule has 0 aromatic carbocycles. The van der Waals surface area contributed by atoms with Gasteiger partial charge in [0.1, 0.15) is 29.0 Å².